The number of benzene rings is 4. The van der Waals surface area contributed by atoms with Gasteiger partial charge >= 0.3 is 0 Å². The summed E-state index contributed by atoms with van der Waals surface area (Å²) in [6.07, 6.45) is 1.80. The average Bonchev–Trinajstić information content (AvgIpc) is 3.35. The van der Waals surface area contributed by atoms with Crippen LogP contribution < -0.4 is 0 Å². The Hall–Kier alpha value is -4.57. The first-order valence-electron chi connectivity index (χ1n) is 11.0. The van der Waals surface area contributed by atoms with E-state index in [0.717, 1.165) is 38.8 Å². The Balaban J connectivity index is 1.71. The number of phenols is 1. The summed E-state index contributed by atoms with van der Waals surface area (Å²) in [5, 5.41) is 14.9. The zero-order valence-electron chi connectivity index (χ0n) is 17.7. The maximum atomic E-state index is 10.3. The number of fused-ring (bicyclic) bond motifs is 6. The molecule has 0 aliphatic carbocycles. The number of hydrogen-bond acceptors (Lipinski definition) is 2. The maximum Gasteiger partial charge on any atom is 0.137 e. The van der Waals surface area contributed by atoms with E-state index in [-0.39, 0.29) is 5.75 Å². The highest BCUT2D eigenvalue weighted by Gasteiger charge is 2.18. The SMILES string of the molecule is Oc1ccc2c3cc4c5ccccc5n(-c5ccccc5)c4cc3n(-c3ccccn3)c2c1. The van der Waals surface area contributed by atoms with Crippen molar-refractivity contribution in [1.82, 2.24) is 14.1 Å². The predicted molar refractivity (Wildman–Crippen MR) is 135 cm³/mol. The Morgan fingerprint density at radius 1 is 0.515 bits per heavy atom. The molecule has 33 heavy (non-hydrogen) atoms. The highest BCUT2D eigenvalue weighted by atomic mass is 16.3. The molecule has 4 aromatic carbocycles. The van der Waals surface area contributed by atoms with E-state index in [9.17, 15) is 5.11 Å². The van der Waals surface area contributed by atoms with Gasteiger partial charge in [-0.1, -0.05) is 42.5 Å². The third-order valence-corrected chi connectivity index (χ3v) is 6.44. The van der Waals surface area contributed by atoms with Gasteiger partial charge in [-0.15, -0.1) is 0 Å². The third-order valence-electron chi connectivity index (χ3n) is 6.44. The second kappa shape index (κ2) is 6.71. The molecule has 0 aliphatic heterocycles. The molecule has 0 bridgehead atoms. The lowest BCUT2D eigenvalue weighted by atomic mass is 10.1. The molecule has 0 amide bonds. The molecule has 3 heterocycles. The van der Waals surface area contributed by atoms with Crippen molar-refractivity contribution in [2.24, 2.45) is 0 Å². The number of nitrogens with zero attached hydrogens (tertiary/aromatic N) is 3. The molecule has 1 N–H and O–H groups in total. The lowest BCUT2D eigenvalue weighted by molar-refractivity contribution is 0.476. The van der Waals surface area contributed by atoms with Gasteiger partial charge in [-0.2, -0.15) is 0 Å². The fraction of sp³-hybridized carbons (Fsp3) is 0. The molecule has 7 rings (SSSR count). The molecule has 0 atom stereocenters. The predicted octanol–water partition coefficient (Wildman–Crippen LogP) is 6.98. The van der Waals surface area contributed by atoms with Crippen molar-refractivity contribution >= 4 is 43.6 Å². The van der Waals surface area contributed by atoms with Gasteiger partial charge in [0.2, 0.25) is 0 Å². The van der Waals surface area contributed by atoms with Crippen LogP contribution in [0.4, 0.5) is 0 Å². The number of para-hydroxylation sites is 2. The molecule has 0 spiro atoms. The summed E-state index contributed by atoms with van der Waals surface area (Å²) in [4.78, 5) is 4.63. The third kappa shape index (κ3) is 2.55. The van der Waals surface area contributed by atoms with E-state index in [0.29, 0.717) is 0 Å². The minimum Gasteiger partial charge on any atom is -0.508 e. The van der Waals surface area contributed by atoms with Crippen LogP contribution in [0.3, 0.4) is 0 Å². The van der Waals surface area contributed by atoms with Gasteiger partial charge < -0.3 is 9.67 Å². The van der Waals surface area contributed by atoms with Crippen LogP contribution in [0.15, 0.2) is 109 Å². The first-order valence-corrected chi connectivity index (χ1v) is 11.0. The fourth-order valence-electron chi connectivity index (χ4n) is 5.06. The zero-order chi connectivity index (χ0) is 21.9. The first kappa shape index (κ1) is 18.0. The lowest BCUT2D eigenvalue weighted by Gasteiger charge is -2.09. The quantitative estimate of drug-likeness (QED) is 0.325. The number of phenolic OH excluding ortho intramolecular Hbond substituents is 1. The van der Waals surface area contributed by atoms with Crippen LogP contribution >= 0.6 is 0 Å². The minimum absolute atomic E-state index is 0.242. The zero-order valence-corrected chi connectivity index (χ0v) is 17.7. The molecule has 0 radical (unpaired) electrons. The first-order chi connectivity index (χ1) is 16.3. The van der Waals surface area contributed by atoms with Gasteiger partial charge in [-0.3, -0.25) is 4.57 Å². The van der Waals surface area contributed by atoms with E-state index in [1.165, 1.54) is 16.3 Å². The Morgan fingerprint density at radius 2 is 1.21 bits per heavy atom. The number of hydrogen-bond donors (Lipinski definition) is 1. The molecule has 0 aliphatic rings. The summed E-state index contributed by atoms with van der Waals surface area (Å²) < 4.78 is 4.46. The number of rotatable bonds is 2. The van der Waals surface area contributed by atoms with Gasteiger partial charge in [-0.05, 0) is 54.6 Å². The van der Waals surface area contributed by atoms with Gasteiger partial charge in [0.05, 0.1) is 22.1 Å². The van der Waals surface area contributed by atoms with E-state index in [4.69, 9.17) is 0 Å². The fourth-order valence-corrected chi connectivity index (χ4v) is 5.06. The van der Waals surface area contributed by atoms with Crippen molar-refractivity contribution in [3.8, 4) is 17.3 Å². The van der Waals surface area contributed by atoms with Crippen LogP contribution in [-0.2, 0) is 0 Å². The van der Waals surface area contributed by atoms with Crippen LogP contribution in [0.2, 0.25) is 0 Å². The standard InChI is InChI=1S/C29H19N3O/c33-20-13-14-22-24-17-23-21-10-4-5-11-25(21)31(19-8-2-1-3-9-19)27(23)18-28(24)32(26(22)16-20)29-12-6-7-15-30-29/h1-18,33H. The lowest BCUT2D eigenvalue weighted by Crippen LogP contribution is -1.97. The number of aromatic hydroxyl groups is 1. The molecule has 3 aromatic heterocycles. The summed E-state index contributed by atoms with van der Waals surface area (Å²) in [6.45, 7) is 0. The number of aromatic nitrogens is 3. The van der Waals surface area contributed by atoms with Crippen molar-refractivity contribution in [2.75, 3.05) is 0 Å². The van der Waals surface area contributed by atoms with Crippen molar-refractivity contribution in [2.45, 2.75) is 0 Å². The molecule has 156 valence electrons. The van der Waals surface area contributed by atoms with Crippen LogP contribution in [0, 0.1) is 0 Å². The van der Waals surface area contributed by atoms with E-state index < -0.39 is 0 Å². The van der Waals surface area contributed by atoms with Crippen molar-refractivity contribution in [3.05, 3.63) is 109 Å². The van der Waals surface area contributed by atoms with E-state index in [1.807, 2.05) is 36.4 Å². The second-order valence-electron chi connectivity index (χ2n) is 8.30. The van der Waals surface area contributed by atoms with Gasteiger partial charge in [0, 0.05) is 39.5 Å². The Kier molecular flexibility index (Phi) is 3.67. The monoisotopic (exact) mass is 425 g/mol. The van der Waals surface area contributed by atoms with Gasteiger partial charge in [0.15, 0.2) is 0 Å². The van der Waals surface area contributed by atoms with Crippen molar-refractivity contribution in [3.63, 3.8) is 0 Å². The van der Waals surface area contributed by atoms with Gasteiger partial charge in [-0.25, -0.2) is 4.98 Å². The topological polar surface area (TPSA) is 43.0 Å². The van der Waals surface area contributed by atoms with Crippen LogP contribution in [0.1, 0.15) is 0 Å². The Morgan fingerprint density at radius 3 is 2.03 bits per heavy atom. The molecule has 0 saturated heterocycles. The largest absolute Gasteiger partial charge is 0.508 e. The normalized spacial score (nSPS) is 11.8. The van der Waals surface area contributed by atoms with E-state index >= 15 is 0 Å². The summed E-state index contributed by atoms with van der Waals surface area (Å²) in [5.74, 6) is 1.07. The second-order valence-corrected chi connectivity index (χ2v) is 8.30. The van der Waals surface area contributed by atoms with Gasteiger partial charge in [0.1, 0.15) is 11.6 Å². The highest BCUT2D eigenvalue weighted by molar-refractivity contribution is 6.19. The Bertz CT molecular complexity index is 1810. The Labute approximate surface area is 189 Å². The van der Waals surface area contributed by atoms with Crippen molar-refractivity contribution < 1.29 is 5.11 Å². The summed E-state index contributed by atoms with van der Waals surface area (Å²) in [5.41, 5.74) is 5.44. The van der Waals surface area contributed by atoms with E-state index in [1.54, 1.807) is 12.3 Å². The maximum absolute atomic E-state index is 10.3. The van der Waals surface area contributed by atoms with Gasteiger partial charge in [0.25, 0.3) is 0 Å². The highest BCUT2D eigenvalue weighted by Crippen LogP contribution is 2.39. The van der Waals surface area contributed by atoms with Crippen LogP contribution in [-0.4, -0.2) is 19.2 Å². The molecule has 7 aromatic rings. The molecular weight excluding hydrogens is 406 g/mol. The molecule has 0 fully saturated rings. The average molecular weight is 425 g/mol. The number of pyridine rings is 1. The van der Waals surface area contributed by atoms with Crippen LogP contribution in [0.5, 0.6) is 5.75 Å². The van der Waals surface area contributed by atoms with Crippen LogP contribution in [0.25, 0.3) is 55.1 Å². The summed E-state index contributed by atoms with van der Waals surface area (Å²) in [6, 6.07) is 35.0. The molecule has 4 heteroatoms. The molecule has 4 nitrogen and oxygen atoms in total. The smallest absolute Gasteiger partial charge is 0.137 e. The van der Waals surface area contributed by atoms with Crippen molar-refractivity contribution in [1.29, 1.82) is 0 Å². The van der Waals surface area contributed by atoms with E-state index in [2.05, 4.69) is 74.8 Å². The minimum atomic E-state index is 0.242. The summed E-state index contributed by atoms with van der Waals surface area (Å²) in [7, 11) is 0. The summed E-state index contributed by atoms with van der Waals surface area (Å²) >= 11 is 0. The molecule has 0 unspecified atom stereocenters. The molecule has 0 saturated carbocycles. The molecular formula is C29H19N3O.